The minimum absolute atomic E-state index is 0.175. The second-order valence-electron chi connectivity index (χ2n) is 7.65. The van der Waals surface area contributed by atoms with Gasteiger partial charge in [-0.25, -0.2) is 10.8 Å². The Morgan fingerprint density at radius 3 is 2.29 bits per heavy atom. The van der Waals surface area contributed by atoms with Gasteiger partial charge in [0.15, 0.2) is 5.82 Å². The summed E-state index contributed by atoms with van der Waals surface area (Å²) in [5, 5.41) is 2.17. The Hall–Kier alpha value is -3.22. The van der Waals surface area contributed by atoms with Crippen molar-refractivity contribution in [2.45, 2.75) is 6.92 Å². The first-order chi connectivity index (χ1) is 14.6. The lowest BCUT2D eigenvalue weighted by atomic mass is 10.2. The third-order valence-corrected chi connectivity index (χ3v) is 6.08. The number of rotatable bonds is 6. The summed E-state index contributed by atoms with van der Waals surface area (Å²) in [6, 6.07) is 15.7. The molecule has 9 heteroatoms. The van der Waals surface area contributed by atoms with E-state index in [1.807, 2.05) is 0 Å². The van der Waals surface area contributed by atoms with Crippen LogP contribution >= 0.6 is 7.14 Å². The number of benzene rings is 2. The number of hydrogen-bond acceptors (Lipinski definition) is 7. The van der Waals surface area contributed by atoms with E-state index in [1.165, 1.54) is 9.91 Å². The fraction of sp³-hybridized carbons (Fsp3) is 0.227. The Labute approximate surface area is 182 Å². The fourth-order valence-corrected chi connectivity index (χ4v) is 3.76. The number of nitrogens with zero attached hydrogens (tertiary/aromatic N) is 4. The molecule has 0 unspecified atom stereocenters. The molecule has 2 N–H and O–H groups in total. The number of ether oxygens (including phenoxy) is 1. The van der Waals surface area contributed by atoms with Gasteiger partial charge in [0.05, 0.1) is 11.3 Å². The molecule has 0 bridgehead atoms. The van der Waals surface area contributed by atoms with Gasteiger partial charge in [0.1, 0.15) is 18.7 Å². The number of anilines is 2. The van der Waals surface area contributed by atoms with Crippen LogP contribution in [0.3, 0.4) is 0 Å². The molecule has 1 aromatic heterocycles. The molecule has 8 nitrogen and oxygen atoms in total. The molecule has 162 valence electrons. The lowest BCUT2D eigenvalue weighted by molar-refractivity contribution is 0.0825. The van der Waals surface area contributed by atoms with Gasteiger partial charge < -0.3 is 14.2 Å². The topological polar surface area (TPSA) is 102 Å². The monoisotopic (exact) mass is 439 g/mol. The van der Waals surface area contributed by atoms with Crippen LogP contribution in [-0.4, -0.2) is 48.2 Å². The Morgan fingerprint density at radius 2 is 1.68 bits per heavy atom. The standard InChI is InChI=1S/C22H26N5O3P/c1-15-24-20(27(23)16-10-12-17(13-11-16)31(4,5)29)14-21(25-15)30-19-9-7-6-8-18(19)22(28)26(2)3/h6-14H,23H2,1-5H3. The molecule has 0 aliphatic carbocycles. The molecule has 3 aromatic rings. The Balaban J connectivity index is 1.91. The van der Waals surface area contributed by atoms with Crippen molar-refractivity contribution in [3.63, 3.8) is 0 Å². The van der Waals surface area contributed by atoms with Gasteiger partial charge in [0, 0.05) is 25.5 Å². The lowest BCUT2D eigenvalue weighted by Gasteiger charge is -2.20. The highest BCUT2D eigenvalue weighted by Gasteiger charge is 2.17. The fourth-order valence-electron chi connectivity index (χ4n) is 2.89. The number of carbonyl (C=O) groups is 1. The summed E-state index contributed by atoms with van der Waals surface area (Å²) in [5.74, 6) is 7.64. The highest BCUT2D eigenvalue weighted by molar-refractivity contribution is 7.70. The number of aromatic nitrogens is 2. The Bertz CT molecular complexity index is 1140. The van der Waals surface area contributed by atoms with Crippen molar-refractivity contribution >= 4 is 29.9 Å². The molecule has 1 heterocycles. The number of aryl methyl sites for hydroxylation is 1. The van der Waals surface area contributed by atoms with Crippen LogP contribution in [0.25, 0.3) is 0 Å². The van der Waals surface area contributed by atoms with Gasteiger partial charge in [-0.3, -0.25) is 9.80 Å². The quantitative estimate of drug-likeness (QED) is 0.356. The van der Waals surface area contributed by atoms with E-state index in [2.05, 4.69) is 9.97 Å². The largest absolute Gasteiger partial charge is 0.438 e. The number of hydrogen-bond donors (Lipinski definition) is 1. The molecule has 0 atom stereocenters. The molecule has 2 aromatic carbocycles. The summed E-state index contributed by atoms with van der Waals surface area (Å²) in [5.41, 5.74) is 1.10. The highest BCUT2D eigenvalue weighted by atomic mass is 31.2. The molecule has 0 aliphatic rings. The third kappa shape index (κ3) is 5.29. The first-order valence-electron chi connectivity index (χ1n) is 9.61. The molecule has 0 fully saturated rings. The third-order valence-electron chi connectivity index (χ3n) is 4.54. The number of nitrogens with two attached hydrogens (primary N) is 1. The van der Waals surface area contributed by atoms with Crippen molar-refractivity contribution in [2.75, 3.05) is 32.4 Å². The van der Waals surface area contributed by atoms with E-state index in [9.17, 15) is 9.36 Å². The van der Waals surface area contributed by atoms with Gasteiger partial charge in [-0.05, 0) is 56.7 Å². The van der Waals surface area contributed by atoms with Crippen LogP contribution < -0.4 is 20.9 Å². The van der Waals surface area contributed by atoms with Gasteiger partial charge >= 0.3 is 0 Å². The number of hydrazine groups is 1. The predicted octanol–water partition coefficient (Wildman–Crippen LogP) is 3.54. The molecule has 0 spiro atoms. The summed E-state index contributed by atoms with van der Waals surface area (Å²) in [4.78, 5) is 22.6. The van der Waals surface area contributed by atoms with Crippen molar-refractivity contribution in [3.8, 4) is 11.6 Å². The predicted molar refractivity (Wildman–Crippen MR) is 123 cm³/mol. The average molecular weight is 439 g/mol. The molecule has 31 heavy (non-hydrogen) atoms. The van der Waals surface area contributed by atoms with Gasteiger partial charge in [-0.1, -0.05) is 12.1 Å². The van der Waals surface area contributed by atoms with E-state index in [-0.39, 0.29) is 11.8 Å². The van der Waals surface area contributed by atoms with Crippen molar-refractivity contribution < 1.29 is 14.1 Å². The molecule has 0 radical (unpaired) electrons. The Morgan fingerprint density at radius 1 is 1.03 bits per heavy atom. The molecule has 0 aliphatic heterocycles. The number of para-hydroxylation sites is 1. The zero-order valence-corrected chi connectivity index (χ0v) is 19.1. The molecular formula is C22H26N5O3P. The molecule has 0 saturated heterocycles. The smallest absolute Gasteiger partial charge is 0.257 e. The van der Waals surface area contributed by atoms with E-state index in [0.29, 0.717) is 28.6 Å². The second kappa shape index (κ2) is 8.88. The van der Waals surface area contributed by atoms with E-state index in [0.717, 1.165) is 5.30 Å². The van der Waals surface area contributed by atoms with Gasteiger partial charge in [-0.15, -0.1) is 0 Å². The van der Waals surface area contributed by atoms with Crippen LogP contribution in [0.4, 0.5) is 11.5 Å². The molecule has 1 amide bonds. The summed E-state index contributed by atoms with van der Waals surface area (Å²) in [6.45, 7) is 5.17. The van der Waals surface area contributed by atoms with Crippen LogP contribution in [0, 0.1) is 6.92 Å². The molecule has 0 saturated carbocycles. The maximum absolute atomic E-state index is 12.4. The van der Waals surface area contributed by atoms with Crippen LogP contribution in [0.2, 0.25) is 0 Å². The van der Waals surface area contributed by atoms with Crippen LogP contribution in [0.15, 0.2) is 54.6 Å². The maximum atomic E-state index is 12.4. The lowest BCUT2D eigenvalue weighted by Crippen LogP contribution is -2.26. The van der Waals surface area contributed by atoms with Crippen molar-refractivity contribution in [3.05, 3.63) is 66.0 Å². The van der Waals surface area contributed by atoms with Gasteiger partial charge in [0.25, 0.3) is 5.91 Å². The first kappa shape index (κ1) is 22.5. The van der Waals surface area contributed by atoms with Crippen molar-refractivity contribution in [1.82, 2.24) is 14.9 Å². The van der Waals surface area contributed by atoms with Crippen LogP contribution in [0.1, 0.15) is 16.2 Å². The number of amides is 1. The zero-order valence-electron chi connectivity index (χ0n) is 18.2. The Kier molecular flexibility index (Phi) is 6.43. The zero-order chi connectivity index (χ0) is 22.8. The summed E-state index contributed by atoms with van der Waals surface area (Å²) < 4.78 is 18.2. The van der Waals surface area contributed by atoms with Gasteiger partial charge in [0.2, 0.25) is 5.88 Å². The second-order valence-corrected chi connectivity index (χ2v) is 10.9. The summed E-state index contributed by atoms with van der Waals surface area (Å²) >= 11 is 0. The first-order valence-corrected chi connectivity index (χ1v) is 12.2. The van der Waals surface area contributed by atoms with Crippen molar-refractivity contribution in [1.29, 1.82) is 0 Å². The summed E-state index contributed by atoms with van der Waals surface area (Å²) in [7, 11) is 1.01. The highest BCUT2D eigenvalue weighted by Crippen LogP contribution is 2.35. The van der Waals surface area contributed by atoms with E-state index >= 15 is 0 Å². The maximum Gasteiger partial charge on any atom is 0.257 e. The SMILES string of the molecule is Cc1nc(Oc2ccccc2C(=O)N(C)C)cc(N(N)c2ccc(P(C)(C)=O)cc2)n1. The summed E-state index contributed by atoms with van der Waals surface area (Å²) in [6.07, 6.45) is 0. The molecule has 3 rings (SSSR count). The van der Waals surface area contributed by atoms with E-state index < -0.39 is 7.14 Å². The van der Waals surface area contributed by atoms with Crippen LogP contribution in [0.5, 0.6) is 11.6 Å². The minimum atomic E-state index is -2.35. The minimum Gasteiger partial charge on any atom is -0.438 e. The number of carbonyl (C=O) groups excluding carboxylic acids is 1. The van der Waals surface area contributed by atoms with E-state index in [1.54, 1.807) is 88.9 Å². The van der Waals surface area contributed by atoms with Gasteiger partial charge in [-0.2, -0.15) is 4.98 Å². The van der Waals surface area contributed by atoms with Crippen molar-refractivity contribution in [2.24, 2.45) is 5.84 Å². The van der Waals surface area contributed by atoms with Crippen LogP contribution in [-0.2, 0) is 4.57 Å². The molecular weight excluding hydrogens is 413 g/mol. The van der Waals surface area contributed by atoms with E-state index in [4.69, 9.17) is 10.6 Å². The average Bonchev–Trinajstić information content (AvgIpc) is 2.72. The normalized spacial score (nSPS) is 11.2.